The van der Waals surface area contributed by atoms with Gasteiger partial charge in [-0.3, -0.25) is 4.57 Å². The van der Waals surface area contributed by atoms with E-state index in [1.807, 2.05) is 0 Å². The van der Waals surface area contributed by atoms with Crippen molar-refractivity contribution in [2.45, 2.75) is 10.9 Å². The Morgan fingerprint density at radius 2 is 1.94 bits per heavy atom. The zero-order valence-corrected chi connectivity index (χ0v) is 9.84. The molecule has 0 atom stereocenters. The number of halogens is 2. The third-order valence-corrected chi connectivity index (χ3v) is 3.32. The molecule has 0 amide bonds. The lowest BCUT2D eigenvalue weighted by molar-refractivity contribution is 0.566. The van der Waals surface area contributed by atoms with Crippen molar-refractivity contribution in [3.8, 4) is 0 Å². The minimum Gasteiger partial charge on any atom is -0.368 e. The fourth-order valence-electron chi connectivity index (χ4n) is 1.26. The van der Waals surface area contributed by atoms with Gasteiger partial charge < -0.3 is 5.73 Å². The van der Waals surface area contributed by atoms with Gasteiger partial charge in [0.2, 0.25) is 5.95 Å². The Bertz CT molecular complexity index is 521. The van der Waals surface area contributed by atoms with E-state index >= 15 is 0 Å². The van der Waals surface area contributed by atoms with Gasteiger partial charge in [0.25, 0.3) is 0 Å². The normalized spacial score (nSPS) is 10.8. The fraction of sp³-hybridized carbons (Fsp3) is 0.200. The summed E-state index contributed by atoms with van der Waals surface area (Å²) in [7, 11) is 1.69. The van der Waals surface area contributed by atoms with Crippen LogP contribution in [-0.4, -0.2) is 14.8 Å². The predicted octanol–water partition coefficient (Wildman–Crippen LogP) is 1.97. The van der Waals surface area contributed by atoms with Gasteiger partial charge in [0.05, 0.1) is 0 Å². The summed E-state index contributed by atoms with van der Waals surface area (Å²) in [6.45, 7) is 0. The second-order valence-electron chi connectivity index (χ2n) is 3.39. The van der Waals surface area contributed by atoms with E-state index in [0.717, 1.165) is 0 Å². The molecule has 0 saturated carbocycles. The number of nitrogens with zero attached hydrogens (tertiary/aromatic N) is 3. The number of hydrogen-bond acceptors (Lipinski definition) is 4. The molecule has 1 aromatic heterocycles. The second-order valence-corrected chi connectivity index (χ2v) is 4.33. The van der Waals surface area contributed by atoms with Crippen LogP contribution in [0.2, 0.25) is 0 Å². The van der Waals surface area contributed by atoms with Crippen LogP contribution in [0.5, 0.6) is 0 Å². The zero-order chi connectivity index (χ0) is 12.4. The molecule has 0 bridgehead atoms. The molecule has 90 valence electrons. The van der Waals surface area contributed by atoms with E-state index in [2.05, 4.69) is 10.2 Å². The summed E-state index contributed by atoms with van der Waals surface area (Å²) in [6, 6.07) is 3.78. The first-order chi connectivity index (χ1) is 8.09. The van der Waals surface area contributed by atoms with Crippen LogP contribution in [0.4, 0.5) is 14.7 Å². The number of thioether (sulfide) groups is 1. The Kier molecular flexibility index (Phi) is 3.28. The molecular weight excluding hydrogens is 246 g/mol. The molecule has 7 heteroatoms. The van der Waals surface area contributed by atoms with E-state index in [0.29, 0.717) is 5.16 Å². The fourth-order valence-corrected chi connectivity index (χ4v) is 2.19. The van der Waals surface area contributed by atoms with Gasteiger partial charge in [0, 0.05) is 18.4 Å². The van der Waals surface area contributed by atoms with E-state index in [9.17, 15) is 8.78 Å². The SMILES string of the molecule is Cn1c(N)nnc1SCc1c(F)cccc1F. The van der Waals surface area contributed by atoms with Crippen LogP contribution in [0, 0.1) is 11.6 Å². The van der Waals surface area contributed by atoms with Gasteiger partial charge in [-0.2, -0.15) is 0 Å². The van der Waals surface area contributed by atoms with E-state index < -0.39 is 11.6 Å². The van der Waals surface area contributed by atoms with Gasteiger partial charge in [-0.25, -0.2) is 8.78 Å². The van der Waals surface area contributed by atoms with Gasteiger partial charge in [0.1, 0.15) is 11.6 Å². The molecule has 17 heavy (non-hydrogen) atoms. The molecule has 2 N–H and O–H groups in total. The number of rotatable bonds is 3. The summed E-state index contributed by atoms with van der Waals surface area (Å²) in [4.78, 5) is 0. The smallest absolute Gasteiger partial charge is 0.222 e. The first kappa shape index (κ1) is 11.8. The van der Waals surface area contributed by atoms with Gasteiger partial charge in [-0.1, -0.05) is 17.8 Å². The second kappa shape index (κ2) is 4.70. The van der Waals surface area contributed by atoms with Gasteiger partial charge in [-0.15, -0.1) is 10.2 Å². The number of nitrogens with two attached hydrogens (primary N) is 1. The molecule has 0 unspecified atom stereocenters. The summed E-state index contributed by atoms with van der Waals surface area (Å²) in [5, 5.41) is 7.97. The zero-order valence-electron chi connectivity index (χ0n) is 9.02. The van der Waals surface area contributed by atoms with Crippen LogP contribution in [0.3, 0.4) is 0 Å². The lowest BCUT2D eigenvalue weighted by Crippen LogP contribution is -1.99. The van der Waals surface area contributed by atoms with Crippen LogP contribution < -0.4 is 5.73 Å². The summed E-state index contributed by atoms with van der Waals surface area (Å²) in [6.07, 6.45) is 0. The Labute approximate surface area is 101 Å². The maximum absolute atomic E-state index is 13.3. The van der Waals surface area contributed by atoms with Gasteiger partial charge in [0.15, 0.2) is 5.16 Å². The van der Waals surface area contributed by atoms with Crippen LogP contribution in [0.25, 0.3) is 0 Å². The molecule has 2 aromatic rings. The van der Waals surface area contributed by atoms with Crippen molar-refractivity contribution in [2.75, 3.05) is 5.73 Å². The highest BCUT2D eigenvalue weighted by Crippen LogP contribution is 2.24. The van der Waals surface area contributed by atoms with E-state index in [1.165, 1.54) is 30.0 Å². The first-order valence-corrected chi connectivity index (χ1v) is 5.78. The maximum atomic E-state index is 13.3. The third-order valence-electron chi connectivity index (χ3n) is 2.28. The lowest BCUT2D eigenvalue weighted by Gasteiger charge is -2.04. The lowest BCUT2D eigenvalue weighted by atomic mass is 10.2. The third kappa shape index (κ3) is 2.38. The molecule has 0 fully saturated rings. The van der Waals surface area contributed by atoms with Crippen molar-refractivity contribution in [1.29, 1.82) is 0 Å². The Morgan fingerprint density at radius 1 is 1.29 bits per heavy atom. The Morgan fingerprint density at radius 3 is 2.47 bits per heavy atom. The minimum atomic E-state index is -0.562. The summed E-state index contributed by atoms with van der Waals surface area (Å²) in [5.41, 5.74) is 5.52. The number of hydrogen-bond donors (Lipinski definition) is 1. The number of anilines is 1. The van der Waals surface area contributed by atoms with Crippen molar-refractivity contribution < 1.29 is 8.78 Å². The standard InChI is InChI=1S/C10H10F2N4S/c1-16-9(13)14-15-10(16)17-5-6-7(11)3-2-4-8(6)12/h2-4H,5H2,1H3,(H2,13,14). The molecule has 0 radical (unpaired) electrons. The molecule has 0 spiro atoms. The van der Waals surface area contributed by atoms with Crippen LogP contribution in [0.1, 0.15) is 5.56 Å². The molecule has 4 nitrogen and oxygen atoms in total. The van der Waals surface area contributed by atoms with Crippen molar-refractivity contribution in [3.63, 3.8) is 0 Å². The number of nitrogen functional groups attached to an aromatic ring is 1. The highest BCUT2D eigenvalue weighted by molar-refractivity contribution is 7.98. The van der Waals surface area contributed by atoms with Crippen molar-refractivity contribution in [3.05, 3.63) is 35.4 Å². The predicted molar refractivity (Wildman–Crippen MR) is 61.3 cm³/mol. The number of aromatic nitrogens is 3. The molecular formula is C10H10F2N4S. The van der Waals surface area contributed by atoms with Crippen molar-refractivity contribution in [1.82, 2.24) is 14.8 Å². The summed E-state index contributed by atoms with van der Waals surface area (Å²) >= 11 is 1.18. The average Bonchev–Trinajstić information content (AvgIpc) is 2.60. The quantitative estimate of drug-likeness (QED) is 0.853. The van der Waals surface area contributed by atoms with Crippen LogP contribution >= 0.6 is 11.8 Å². The van der Waals surface area contributed by atoms with E-state index in [4.69, 9.17) is 5.73 Å². The van der Waals surface area contributed by atoms with Crippen molar-refractivity contribution in [2.24, 2.45) is 7.05 Å². The number of benzene rings is 1. The topological polar surface area (TPSA) is 56.7 Å². The molecule has 1 aromatic carbocycles. The highest BCUT2D eigenvalue weighted by Gasteiger charge is 2.11. The minimum absolute atomic E-state index is 0.0269. The first-order valence-electron chi connectivity index (χ1n) is 4.80. The maximum Gasteiger partial charge on any atom is 0.222 e. The molecule has 1 heterocycles. The highest BCUT2D eigenvalue weighted by atomic mass is 32.2. The van der Waals surface area contributed by atoms with Gasteiger partial charge in [-0.05, 0) is 12.1 Å². The molecule has 0 saturated heterocycles. The molecule has 2 rings (SSSR count). The van der Waals surface area contributed by atoms with Gasteiger partial charge >= 0.3 is 0 Å². The van der Waals surface area contributed by atoms with E-state index in [-0.39, 0.29) is 17.3 Å². The van der Waals surface area contributed by atoms with E-state index in [1.54, 1.807) is 11.6 Å². The summed E-state index contributed by atoms with van der Waals surface area (Å²) < 4.78 is 28.2. The molecule has 0 aliphatic heterocycles. The Hall–Kier alpha value is -1.63. The Balaban J connectivity index is 2.15. The van der Waals surface area contributed by atoms with Crippen molar-refractivity contribution >= 4 is 17.7 Å². The molecule has 0 aliphatic carbocycles. The monoisotopic (exact) mass is 256 g/mol. The summed E-state index contributed by atoms with van der Waals surface area (Å²) in [5.74, 6) is -0.716. The molecule has 0 aliphatic rings. The largest absolute Gasteiger partial charge is 0.368 e. The van der Waals surface area contributed by atoms with Crippen LogP contribution in [0.15, 0.2) is 23.4 Å². The average molecular weight is 256 g/mol. The van der Waals surface area contributed by atoms with Crippen LogP contribution in [-0.2, 0) is 12.8 Å².